The van der Waals surface area contributed by atoms with E-state index in [0.717, 1.165) is 6.54 Å². The molecule has 0 saturated heterocycles. The second-order valence-electron chi connectivity index (χ2n) is 3.59. The Balaban J connectivity index is 2.10. The molecule has 1 fully saturated rings. The Bertz CT molecular complexity index is 264. The number of nitrogens with two attached hydrogens (primary N) is 1. The summed E-state index contributed by atoms with van der Waals surface area (Å²) >= 11 is 0. The van der Waals surface area contributed by atoms with E-state index >= 15 is 0 Å². The smallest absolute Gasteiger partial charge is 0.0658 e. The van der Waals surface area contributed by atoms with Gasteiger partial charge in [-0.05, 0) is 31.4 Å². The van der Waals surface area contributed by atoms with Gasteiger partial charge in [-0.3, -0.25) is 4.68 Å². The average molecular weight is 165 g/mol. The largest absolute Gasteiger partial charge is 0.330 e. The third-order valence-corrected chi connectivity index (χ3v) is 2.83. The highest BCUT2D eigenvalue weighted by atomic mass is 15.2. The molecule has 0 aliphatic heterocycles. The van der Waals surface area contributed by atoms with Crippen LogP contribution < -0.4 is 5.73 Å². The van der Waals surface area contributed by atoms with Crippen molar-refractivity contribution in [1.29, 1.82) is 0 Å². The maximum absolute atomic E-state index is 5.63. The highest BCUT2D eigenvalue weighted by Gasteiger charge is 2.32. The van der Waals surface area contributed by atoms with Crippen molar-refractivity contribution < 1.29 is 0 Å². The summed E-state index contributed by atoms with van der Waals surface area (Å²) < 4.78 is 1.86. The molecular formula is C9H15N3. The maximum Gasteiger partial charge on any atom is 0.0658 e. The molecule has 0 spiro atoms. The minimum absolute atomic E-state index is 0.635. The van der Waals surface area contributed by atoms with E-state index < -0.39 is 0 Å². The normalized spacial score (nSPS) is 28.5. The van der Waals surface area contributed by atoms with E-state index in [4.69, 9.17) is 5.73 Å². The Morgan fingerprint density at radius 1 is 1.67 bits per heavy atom. The topological polar surface area (TPSA) is 43.8 Å². The van der Waals surface area contributed by atoms with Gasteiger partial charge in [0.2, 0.25) is 0 Å². The van der Waals surface area contributed by atoms with Gasteiger partial charge in [-0.25, -0.2) is 0 Å². The summed E-state index contributed by atoms with van der Waals surface area (Å²) in [4.78, 5) is 0. The Morgan fingerprint density at radius 2 is 2.50 bits per heavy atom. The van der Waals surface area contributed by atoms with Crippen molar-refractivity contribution in [2.24, 2.45) is 18.7 Å². The van der Waals surface area contributed by atoms with Crippen LogP contribution in [0, 0.1) is 5.92 Å². The number of hydrogen-bond acceptors (Lipinski definition) is 2. The fourth-order valence-corrected chi connectivity index (χ4v) is 1.87. The summed E-state index contributed by atoms with van der Waals surface area (Å²) in [6.07, 6.45) is 4.54. The molecule has 2 atom stereocenters. The molecule has 1 saturated carbocycles. The fourth-order valence-electron chi connectivity index (χ4n) is 1.87. The van der Waals surface area contributed by atoms with Crippen LogP contribution in [0.15, 0.2) is 12.3 Å². The van der Waals surface area contributed by atoms with Crippen molar-refractivity contribution in [3.8, 4) is 0 Å². The summed E-state index contributed by atoms with van der Waals surface area (Å²) in [5, 5.41) is 4.39. The first-order valence-electron chi connectivity index (χ1n) is 4.51. The van der Waals surface area contributed by atoms with Gasteiger partial charge in [0.05, 0.1) is 5.69 Å². The minimum atomic E-state index is 0.635. The van der Waals surface area contributed by atoms with Gasteiger partial charge >= 0.3 is 0 Å². The zero-order chi connectivity index (χ0) is 8.55. The summed E-state index contributed by atoms with van der Waals surface area (Å²) in [6.45, 7) is 0.807. The SMILES string of the molecule is Cn1ccc(C2CCC2CN)n1. The van der Waals surface area contributed by atoms with Crippen LogP contribution in [-0.4, -0.2) is 16.3 Å². The molecule has 2 N–H and O–H groups in total. The van der Waals surface area contributed by atoms with Crippen molar-refractivity contribution in [2.75, 3.05) is 6.54 Å². The number of aryl methyl sites for hydroxylation is 1. The van der Waals surface area contributed by atoms with Gasteiger partial charge in [0, 0.05) is 19.2 Å². The second kappa shape index (κ2) is 2.90. The highest BCUT2D eigenvalue weighted by molar-refractivity contribution is 5.12. The van der Waals surface area contributed by atoms with Crippen LogP contribution in [-0.2, 0) is 7.05 Å². The molecule has 0 bridgehead atoms. The average Bonchev–Trinajstić information content (AvgIpc) is 2.35. The van der Waals surface area contributed by atoms with Gasteiger partial charge in [-0.1, -0.05) is 0 Å². The van der Waals surface area contributed by atoms with Gasteiger partial charge < -0.3 is 5.73 Å². The maximum atomic E-state index is 5.63. The summed E-state index contributed by atoms with van der Waals surface area (Å²) in [5.74, 6) is 1.32. The van der Waals surface area contributed by atoms with Gasteiger partial charge in [0.25, 0.3) is 0 Å². The molecule has 0 radical (unpaired) electrons. The van der Waals surface area contributed by atoms with Crippen LogP contribution in [0.25, 0.3) is 0 Å². The lowest BCUT2D eigenvalue weighted by Crippen LogP contribution is -2.30. The Kier molecular flexibility index (Phi) is 1.89. The Hall–Kier alpha value is -0.830. The number of nitrogens with zero attached hydrogens (tertiary/aromatic N) is 2. The fraction of sp³-hybridized carbons (Fsp3) is 0.667. The van der Waals surface area contributed by atoms with Crippen LogP contribution in [0.1, 0.15) is 24.5 Å². The van der Waals surface area contributed by atoms with E-state index in [0.29, 0.717) is 11.8 Å². The second-order valence-corrected chi connectivity index (χ2v) is 3.59. The molecule has 3 nitrogen and oxygen atoms in total. The molecule has 66 valence electrons. The first-order chi connectivity index (χ1) is 5.81. The number of rotatable bonds is 2. The zero-order valence-electron chi connectivity index (χ0n) is 7.40. The number of aromatic nitrogens is 2. The molecule has 12 heavy (non-hydrogen) atoms. The van der Waals surface area contributed by atoms with Crippen LogP contribution in [0.3, 0.4) is 0 Å². The molecule has 0 aromatic carbocycles. The minimum Gasteiger partial charge on any atom is -0.330 e. The molecule has 1 aromatic heterocycles. The van der Waals surface area contributed by atoms with E-state index in [9.17, 15) is 0 Å². The number of hydrogen-bond donors (Lipinski definition) is 1. The summed E-state index contributed by atoms with van der Waals surface area (Å²) in [5.41, 5.74) is 6.86. The van der Waals surface area contributed by atoms with Crippen molar-refractivity contribution in [1.82, 2.24) is 9.78 Å². The Morgan fingerprint density at radius 3 is 2.92 bits per heavy atom. The van der Waals surface area contributed by atoms with Gasteiger partial charge in [-0.2, -0.15) is 5.10 Å². The molecular weight excluding hydrogens is 150 g/mol. The predicted molar refractivity (Wildman–Crippen MR) is 47.7 cm³/mol. The van der Waals surface area contributed by atoms with Gasteiger partial charge in [-0.15, -0.1) is 0 Å². The van der Waals surface area contributed by atoms with E-state index in [-0.39, 0.29) is 0 Å². The molecule has 2 unspecified atom stereocenters. The summed E-state index contributed by atoms with van der Waals surface area (Å²) in [7, 11) is 1.96. The first kappa shape index (κ1) is 7.80. The van der Waals surface area contributed by atoms with Crippen molar-refractivity contribution in [3.63, 3.8) is 0 Å². The zero-order valence-corrected chi connectivity index (χ0v) is 7.40. The van der Waals surface area contributed by atoms with Gasteiger partial charge in [0.15, 0.2) is 0 Å². The Labute approximate surface area is 72.6 Å². The molecule has 1 heterocycles. The first-order valence-corrected chi connectivity index (χ1v) is 4.51. The van der Waals surface area contributed by atoms with Crippen molar-refractivity contribution in [2.45, 2.75) is 18.8 Å². The molecule has 0 amide bonds. The lowest BCUT2D eigenvalue weighted by atomic mass is 9.72. The van der Waals surface area contributed by atoms with Crippen LogP contribution in [0.4, 0.5) is 0 Å². The third-order valence-electron chi connectivity index (χ3n) is 2.83. The molecule has 1 aromatic rings. The van der Waals surface area contributed by atoms with Crippen LogP contribution in [0.2, 0.25) is 0 Å². The van der Waals surface area contributed by atoms with Crippen LogP contribution >= 0.6 is 0 Å². The van der Waals surface area contributed by atoms with Gasteiger partial charge in [0.1, 0.15) is 0 Å². The van der Waals surface area contributed by atoms with Crippen molar-refractivity contribution >= 4 is 0 Å². The quantitative estimate of drug-likeness (QED) is 0.706. The highest BCUT2D eigenvalue weighted by Crippen LogP contribution is 2.40. The molecule has 3 heteroatoms. The summed E-state index contributed by atoms with van der Waals surface area (Å²) in [6, 6.07) is 2.10. The lowest BCUT2D eigenvalue weighted by molar-refractivity contribution is 0.257. The van der Waals surface area contributed by atoms with E-state index in [1.807, 2.05) is 17.9 Å². The molecule has 2 rings (SSSR count). The monoisotopic (exact) mass is 165 g/mol. The lowest BCUT2D eigenvalue weighted by Gasteiger charge is -2.34. The van der Waals surface area contributed by atoms with E-state index in [1.165, 1.54) is 18.5 Å². The van der Waals surface area contributed by atoms with E-state index in [2.05, 4.69) is 11.2 Å². The predicted octanol–water partition coefficient (Wildman–Crippen LogP) is 0.872. The molecule has 1 aliphatic carbocycles. The molecule has 1 aliphatic rings. The van der Waals surface area contributed by atoms with E-state index in [1.54, 1.807) is 0 Å². The van der Waals surface area contributed by atoms with Crippen molar-refractivity contribution in [3.05, 3.63) is 18.0 Å². The van der Waals surface area contributed by atoms with Crippen LogP contribution in [0.5, 0.6) is 0 Å². The standard InChI is InChI=1S/C9H15N3/c1-12-5-4-9(11-12)8-3-2-7(8)6-10/h4-5,7-8H,2-3,6,10H2,1H3. The third kappa shape index (κ3) is 1.14.